The lowest BCUT2D eigenvalue weighted by Crippen LogP contribution is -2.22. The molecule has 3 nitrogen and oxygen atoms in total. The Hall–Kier alpha value is -0.640. The molecular formula is C18H34O3. The van der Waals surface area contributed by atoms with E-state index in [4.69, 9.17) is 15.3 Å². The lowest BCUT2D eigenvalue weighted by atomic mass is 10.1. The Labute approximate surface area is 130 Å². The molecule has 3 N–H and O–H groups in total. The molecule has 0 aromatic heterocycles. The van der Waals surface area contributed by atoms with Crippen molar-refractivity contribution in [3.05, 3.63) is 24.3 Å². The SMILES string of the molecule is CCCCCCCCCCCCCC=CC=CC(O)(O)O. The summed E-state index contributed by atoms with van der Waals surface area (Å²) in [5.41, 5.74) is 0. The highest BCUT2D eigenvalue weighted by Gasteiger charge is 2.10. The van der Waals surface area contributed by atoms with Gasteiger partial charge < -0.3 is 15.3 Å². The van der Waals surface area contributed by atoms with Gasteiger partial charge in [0.25, 0.3) is 5.97 Å². The molecule has 0 rings (SSSR count). The van der Waals surface area contributed by atoms with E-state index in [1.165, 1.54) is 76.7 Å². The highest BCUT2D eigenvalue weighted by molar-refractivity contribution is 5.04. The van der Waals surface area contributed by atoms with Gasteiger partial charge in [-0.3, -0.25) is 0 Å². The van der Waals surface area contributed by atoms with Crippen LogP contribution < -0.4 is 0 Å². The van der Waals surface area contributed by atoms with Crippen molar-refractivity contribution in [1.82, 2.24) is 0 Å². The van der Waals surface area contributed by atoms with E-state index < -0.39 is 5.97 Å². The van der Waals surface area contributed by atoms with Crippen LogP contribution >= 0.6 is 0 Å². The Morgan fingerprint density at radius 1 is 0.667 bits per heavy atom. The molecule has 0 saturated heterocycles. The Morgan fingerprint density at radius 2 is 1.14 bits per heavy atom. The van der Waals surface area contributed by atoms with Crippen LogP contribution in [0.3, 0.4) is 0 Å². The maximum absolute atomic E-state index is 8.61. The largest absolute Gasteiger partial charge is 0.340 e. The van der Waals surface area contributed by atoms with Gasteiger partial charge in [-0.15, -0.1) is 0 Å². The molecule has 0 aliphatic heterocycles. The van der Waals surface area contributed by atoms with Crippen LogP contribution in [0.4, 0.5) is 0 Å². The summed E-state index contributed by atoms with van der Waals surface area (Å²) >= 11 is 0. The molecule has 124 valence electrons. The molecule has 0 amide bonds. The molecule has 3 heteroatoms. The molecular weight excluding hydrogens is 264 g/mol. The molecule has 0 bridgehead atoms. The highest BCUT2D eigenvalue weighted by Crippen LogP contribution is 2.12. The van der Waals surface area contributed by atoms with Gasteiger partial charge in [0.1, 0.15) is 0 Å². The summed E-state index contributed by atoms with van der Waals surface area (Å²) in [6, 6.07) is 0. The monoisotopic (exact) mass is 298 g/mol. The van der Waals surface area contributed by atoms with Crippen LogP contribution in [0.1, 0.15) is 84.0 Å². The van der Waals surface area contributed by atoms with E-state index in [1.807, 2.05) is 6.08 Å². The van der Waals surface area contributed by atoms with Crippen molar-refractivity contribution in [2.24, 2.45) is 0 Å². The summed E-state index contributed by atoms with van der Waals surface area (Å²) in [4.78, 5) is 0. The van der Waals surface area contributed by atoms with Crippen LogP contribution in [0, 0.1) is 0 Å². The first kappa shape index (κ1) is 20.4. The molecule has 21 heavy (non-hydrogen) atoms. The van der Waals surface area contributed by atoms with Crippen molar-refractivity contribution < 1.29 is 15.3 Å². The zero-order chi connectivity index (χ0) is 15.8. The van der Waals surface area contributed by atoms with E-state index >= 15 is 0 Å². The minimum atomic E-state index is -2.69. The minimum absolute atomic E-state index is 0.935. The van der Waals surface area contributed by atoms with Gasteiger partial charge in [-0.25, -0.2) is 0 Å². The van der Waals surface area contributed by atoms with E-state index in [9.17, 15) is 0 Å². The molecule has 0 aliphatic rings. The standard InChI is InChI=1S/C18H34O3/c1-2-3-4-5-6-7-8-9-10-11-12-13-14-15-16-17-18(19,20)21/h14-17,19-21H,2-13H2,1H3. The molecule has 0 spiro atoms. The zero-order valence-electron chi connectivity index (χ0n) is 13.6. The minimum Gasteiger partial charge on any atom is -0.340 e. The number of aliphatic hydroxyl groups is 3. The molecule has 0 atom stereocenters. The van der Waals surface area contributed by atoms with Crippen molar-refractivity contribution in [3.8, 4) is 0 Å². The van der Waals surface area contributed by atoms with Gasteiger partial charge in [-0.05, 0) is 12.8 Å². The number of rotatable bonds is 14. The van der Waals surface area contributed by atoms with Crippen LogP contribution in [0.2, 0.25) is 0 Å². The predicted octanol–water partition coefficient (Wildman–Crippen LogP) is 4.43. The first-order valence-electron chi connectivity index (χ1n) is 8.57. The van der Waals surface area contributed by atoms with Gasteiger partial charge in [0.2, 0.25) is 0 Å². The highest BCUT2D eigenvalue weighted by atomic mass is 16.7. The number of allylic oxidation sites excluding steroid dienone is 3. The quantitative estimate of drug-likeness (QED) is 0.252. The van der Waals surface area contributed by atoms with E-state index in [2.05, 4.69) is 6.92 Å². The Bertz CT molecular complexity index is 264. The molecule has 0 saturated carbocycles. The Kier molecular flexibility index (Phi) is 13.9. The van der Waals surface area contributed by atoms with Crippen molar-refractivity contribution >= 4 is 0 Å². The van der Waals surface area contributed by atoms with E-state index in [-0.39, 0.29) is 0 Å². The summed E-state index contributed by atoms with van der Waals surface area (Å²) in [6.07, 6.45) is 21.9. The van der Waals surface area contributed by atoms with Gasteiger partial charge in [-0.1, -0.05) is 89.4 Å². The van der Waals surface area contributed by atoms with Gasteiger partial charge >= 0.3 is 0 Å². The van der Waals surface area contributed by atoms with Gasteiger partial charge in [-0.2, -0.15) is 0 Å². The summed E-state index contributed by atoms with van der Waals surface area (Å²) < 4.78 is 0. The van der Waals surface area contributed by atoms with Crippen LogP contribution in [0.25, 0.3) is 0 Å². The molecule has 0 unspecified atom stereocenters. The van der Waals surface area contributed by atoms with Gasteiger partial charge in [0.15, 0.2) is 0 Å². The fraction of sp³-hybridized carbons (Fsp3) is 0.778. The van der Waals surface area contributed by atoms with Crippen molar-refractivity contribution in [2.45, 2.75) is 89.9 Å². The molecule has 0 aromatic rings. The number of hydrogen-bond acceptors (Lipinski definition) is 3. The Balaban J connectivity index is 3.19. The second kappa shape index (κ2) is 14.3. The normalized spacial score (nSPS) is 12.8. The lowest BCUT2D eigenvalue weighted by Gasteiger charge is -2.05. The third-order valence-electron chi connectivity index (χ3n) is 3.54. The van der Waals surface area contributed by atoms with Gasteiger partial charge in [0.05, 0.1) is 0 Å². The maximum Gasteiger partial charge on any atom is 0.297 e. The second-order valence-electron chi connectivity index (χ2n) is 5.80. The molecule has 0 fully saturated rings. The number of unbranched alkanes of at least 4 members (excludes halogenated alkanes) is 11. The average Bonchev–Trinajstić information content (AvgIpc) is 2.42. The Morgan fingerprint density at radius 3 is 1.62 bits per heavy atom. The fourth-order valence-corrected chi connectivity index (χ4v) is 2.29. The third-order valence-corrected chi connectivity index (χ3v) is 3.54. The molecule has 0 heterocycles. The molecule has 0 aromatic carbocycles. The lowest BCUT2D eigenvalue weighted by molar-refractivity contribution is -0.273. The van der Waals surface area contributed by atoms with Crippen molar-refractivity contribution in [2.75, 3.05) is 0 Å². The summed E-state index contributed by atoms with van der Waals surface area (Å²) in [5, 5.41) is 25.8. The molecule has 0 radical (unpaired) electrons. The molecule has 0 aliphatic carbocycles. The third kappa shape index (κ3) is 19.4. The van der Waals surface area contributed by atoms with Gasteiger partial charge in [0, 0.05) is 6.08 Å². The second-order valence-corrected chi connectivity index (χ2v) is 5.80. The summed E-state index contributed by atoms with van der Waals surface area (Å²) in [5.74, 6) is -2.69. The summed E-state index contributed by atoms with van der Waals surface area (Å²) in [7, 11) is 0. The van der Waals surface area contributed by atoms with E-state index in [0.29, 0.717) is 0 Å². The van der Waals surface area contributed by atoms with E-state index in [1.54, 1.807) is 6.08 Å². The first-order chi connectivity index (χ1) is 10.1. The smallest absolute Gasteiger partial charge is 0.297 e. The zero-order valence-corrected chi connectivity index (χ0v) is 13.6. The maximum atomic E-state index is 8.61. The van der Waals surface area contributed by atoms with Crippen LogP contribution in [0.5, 0.6) is 0 Å². The topological polar surface area (TPSA) is 60.7 Å². The summed E-state index contributed by atoms with van der Waals surface area (Å²) in [6.45, 7) is 2.25. The van der Waals surface area contributed by atoms with Crippen molar-refractivity contribution in [3.63, 3.8) is 0 Å². The van der Waals surface area contributed by atoms with Crippen LogP contribution in [0.15, 0.2) is 24.3 Å². The van der Waals surface area contributed by atoms with Crippen LogP contribution in [-0.2, 0) is 0 Å². The van der Waals surface area contributed by atoms with E-state index in [0.717, 1.165) is 12.5 Å². The predicted molar refractivity (Wildman–Crippen MR) is 88.7 cm³/mol. The number of hydrogen-bond donors (Lipinski definition) is 3. The average molecular weight is 298 g/mol. The van der Waals surface area contributed by atoms with Crippen LogP contribution in [-0.4, -0.2) is 21.3 Å². The fourth-order valence-electron chi connectivity index (χ4n) is 2.29. The first-order valence-corrected chi connectivity index (χ1v) is 8.57. The van der Waals surface area contributed by atoms with Crippen molar-refractivity contribution in [1.29, 1.82) is 0 Å².